The van der Waals surface area contributed by atoms with Gasteiger partial charge >= 0.3 is 0 Å². The van der Waals surface area contributed by atoms with E-state index in [4.69, 9.17) is 9.47 Å². The van der Waals surface area contributed by atoms with Gasteiger partial charge in [-0.2, -0.15) is 5.10 Å². The van der Waals surface area contributed by atoms with E-state index in [0.29, 0.717) is 42.5 Å². The van der Waals surface area contributed by atoms with Crippen LogP contribution in [0.5, 0.6) is 11.5 Å². The zero-order chi connectivity index (χ0) is 24.4. The summed E-state index contributed by atoms with van der Waals surface area (Å²) in [7, 11) is 0. The lowest BCUT2D eigenvalue weighted by atomic mass is 10.1. The Kier molecular flexibility index (Phi) is 6.23. The Bertz CT molecular complexity index is 1440. The summed E-state index contributed by atoms with van der Waals surface area (Å²) in [6.45, 7) is 5.68. The molecule has 35 heavy (non-hydrogen) atoms. The number of aromatic nitrogens is 3. The van der Waals surface area contributed by atoms with Crippen molar-refractivity contribution in [3.05, 3.63) is 99.6 Å². The van der Waals surface area contributed by atoms with Gasteiger partial charge in [-0.05, 0) is 49.7 Å². The first-order valence-electron chi connectivity index (χ1n) is 11.7. The van der Waals surface area contributed by atoms with E-state index in [2.05, 4.69) is 21.8 Å². The highest BCUT2D eigenvalue weighted by atomic mass is 16.5. The van der Waals surface area contributed by atoms with E-state index >= 15 is 0 Å². The number of carbonyl (C=O) groups excluding carboxylic acids is 1. The molecule has 0 bridgehead atoms. The predicted molar refractivity (Wildman–Crippen MR) is 133 cm³/mol. The lowest BCUT2D eigenvalue weighted by Gasteiger charge is -2.11. The van der Waals surface area contributed by atoms with E-state index in [9.17, 15) is 9.59 Å². The van der Waals surface area contributed by atoms with Gasteiger partial charge in [-0.3, -0.25) is 9.59 Å². The van der Waals surface area contributed by atoms with Crippen LogP contribution in [0.3, 0.4) is 0 Å². The number of benzene rings is 2. The number of aryl methyl sites for hydroxylation is 1. The first kappa shape index (κ1) is 22.7. The van der Waals surface area contributed by atoms with Crippen LogP contribution >= 0.6 is 0 Å². The molecule has 0 radical (unpaired) electrons. The maximum atomic E-state index is 13.2. The standard InChI is InChI=1S/C28H27N3O4/c1-19-15-23(20(2)30(19)17-21-7-4-3-5-8-21)25(32)18-31-28(33)12-10-24(29-31)22-9-11-26-27(16-22)35-14-6-13-34-26/h3-5,7-12,15-16H,6,13-14,17-18H2,1-2H3. The molecular formula is C28H27N3O4. The average Bonchev–Trinajstić information content (AvgIpc) is 3.02. The lowest BCUT2D eigenvalue weighted by molar-refractivity contribution is 0.0965. The van der Waals surface area contributed by atoms with Crippen LogP contribution in [0.15, 0.2) is 71.5 Å². The fourth-order valence-electron chi connectivity index (χ4n) is 4.35. The number of hydrogen-bond donors (Lipinski definition) is 0. The minimum atomic E-state index is -0.325. The molecule has 0 amide bonds. The second-order valence-electron chi connectivity index (χ2n) is 8.71. The molecule has 0 unspecified atom stereocenters. The van der Waals surface area contributed by atoms with Crippen LogP contribution in [0.25, 0.3) is 11.3 Å². The number of ether oxygens (including phenoxy) is 2. The van der Waals surface area contributed by atoms with Crippen molar-refractivity contribution in [2.45, 2.75) is 33.4 Å². The van der Waals surface area contributed by atoms with Gasteiger partial charge in [0.05, 0.1) is 18.9 Å². The molecule has 2 aromatic carbocycles. The van der Waals surface area contributed by atoms with Crippen LogP contribution in [-0.2, 0) is 13.1 Å². The molecule has 0 spiro atoms. The predicted octanol–water partition coefficient (Wildman–Crippen LogP) is 4.42. The quantitative estimate of drug-likeness (QED) is 0.391. The SMILES string of the molecule is Cc1cc(C(=O)Cn2nc(-c3ccc4c(c3)OCCCO4)ccc2=O)c(C)n1Cc1ccccc1. The number of carbonyl (C=O) groups is 1. The third-order valence-electron chi connectivity index (χ3n) is 6.26. The van der Waals surface area contributed by atoms with Crippen molar-refractivity contribution in [1.29, 1.82) is 0 Å². The van der Waals surface area contributed by atoms with Crippen molar-refractivity contribution in [3.63, 3.8) is 0 Å². The smallest absolute Gasteiger partial charge is 0.267 e. The third-order valence-corrected chi connectivity index (χ3v) is 6.26. The van der Waals surface area contributed by atoms with E-state index in [0.717, 1.165) is 28.9 Å². The molecule has 0 saturated heterocycles. The molecule has 2 aromatic heterocycles. The summed E-state index contributed by atoms with van der Waals surface area (Å²) >= 11 is 0. The summed E-state index contributed by atoms with van der Waals surface area (Å²) in [5, 5.41) is 4.49. The molecule has 1 aliphatic rings. The number of ketones is 1. The number of nitrogens with zero attached hydrogens (tertiary/aromatic N) is 3. The Morgan fingerprint density at radius 3 is 2.51 bits per heavy atom. The lowest BCUT2D eigenvalue weighted by Crippen LogP contribution is -2.26. The summed E-state index contributed by atoms with van der Waals surface area (Å²) in [6, 6.07) is 20.7. The highest BCUT2D eigenvalue weighted by molar-refractivity contribution is 5.97. The molecule has 4 aromatic rings. The average molecular weight is 470 g/mol. The molecule has 3 heterocycles. The fourth-order valence-corrected chi connectivity index (χ4v) is 4.35. The molecule has 0 atom stereocenters. The van der Waals surface area contributed by atoms with Crippen LogP contribution < -0.4 is 15.0 Å². The molecule has 0 aliphatic carbocycles. The number of hydrogen-bond acceptors (Lipinski definition) is 5. The van der Waals surface area contributed by atoms with Crippen LogP contribution in [0.2, 0.25) is 0 Å². The van der Waals surface area contributed by atoms with Crippen LogP contribution in [0.4, 0.5) is 0 Å². The zero-order valence-corrected chi connectivity index (χ0v) is 19.9. The Morgan fingerprint density at radius 2 is 1.71 bits per heavy atom. The molecule has 7 heteroatoms. The maximum absolute atomic E-state index is 13.2. The summed E-state index contributed by atoms with van der Waals surface area (Å²) in [5.74, 6) is 1.20. The van der Waals surface area contributed by atoms with Gasteiger partial charge < -0.3 is 14.0 Å². The van der Waals surface area contributed by atoms with Gasteiger partial charge in [0.1, 0.15) is 6.54 Å². The minimum absolute atomic E-state index is 0.132. The van der Waals surface area contributed by atoms with Crippen molar-refractivity contribution in [3.8, 4) is 22.8 Å². The Labute approximate surface area is 203 Å². The second-order valence-corrected chi connectivity index (χ2v) is 8.71. The Morgan fingerprint density at radius 1 is 0.943 bits per heavy atom. The van der Waals surface area contributed by atoms with Crippen molar-refractivity contribution in [1.82, 2.24) is 14.3 Å². The third kappa shape index (κ3) is 4.75. The van der Waals surface area contributed by atoms with Gasteiger partial charge in [0.25, 0.3) is 5.56 Å². The zero-order valence-electron chi connectivity index (χ0n) is 19.9. The van der Waals surface area contributed by atoms with Gasteiger partial charge in [0.2, 0.25) is 0 Å². The van der Waals surface area contributed by atoms with E-state index in [-0.39, 0.29) is 17.9 Å². The molecular weight excluding hydrogens is 442 g/mol. The van der Waals surface area contributed by atoms with Crippen molar-refractivity contribution < 1.29 is 14.3 Å². The maximum Gasteiger partial charge on any atom is 0.267 e. The number of rotatable bonds is 6. The largest absolute Gasteiger partial charge is 0.490 e. The highest BCUT2D eigenvalue weighted by Gasteiger charge is 2.18. The molecule has 5 rings (SSSR count). The van der Waals surface area contributed by atoms with Crippen LogP contribution in [-0.4, -0.2) is 33.3 Å². The summed E-state index contributed by atoms with van der Waals surface area (Å²) in [4.78, 5) is 25.8. The van der Waals surface area contributed by atoms with Gasteiger partial charge in [-0.1, -0.05) is 30.3 Å². The van der Waals surface area contributed by atoms with E-state index in [1.807, 2.05) is 56.3 Å². The van der Waals surface area contributed by atoms with E-state index in [1.165, 1.54) is 10.7 Å². The minimum Gasteiger partial charge on any atom is -0.490 e. The van der Waals surface area contributed by atoms with Crippen molar-refractivity contribution >= 4 is 5.78 Å². The van der Waals surface area contributed by atoms with Crippen molar-refractivity contribution in [2.75, 3.05) is 13.2 Å². The first-order chi connectivity index (χ1) is 17.0. The molecule has 0 N–H and O–H groups in total. The molecule has 7 nitrogen and oxygen atoms in total. The summed E-state index contributed by atoms with van der Waals surface area (Å²) in [6.07, 6.45) is 0.821. The number of fused-ring (bicyclic) bond motifs is 1. The molecule has 178 valence electrons. The fraction of sp³-hybridized carbons (Fsp3) is 0.250. The summed E-state index contributed by atoms with van der Waals surface area (Å²) < 4.78 is 14.8. The van der Waals surface area contributed by atoms with Gasteiger partial charge in [0.15, 0.2) is 17.3 Å². The number of Topliss-reactive ketones (excluding diaryl/α,β-unsaturated/α-hetero) is 1. The monoisotopic (exact) mass is 469 g/mol. The molecule has 0 fully saturated rings. The first-order valence-corrected chi connectivity index (χ1v) is 11.7. The van der Waals surface area contributed by atoms with E-state index < -0.39 is 0 Å². The Balaban J connectivity index is 1.40. The van der Waals surface area contributed by atoms with Crippen LogP contribution in [0, 0.1) is 13.8 Å². The normalized spacial score (nSPS) is 12.9. The van der Waals surface area contributed by atoms with Crippen molar-refractivity contribution in [2.24, 2.45) is 0 Å². The second kappa shape index (κ2) is 9.62. The topological polar surface area (TPSA) is 75.4 Å². The summed E-state index contributed by atoms with van der Waals surface area (Å²) in [5.41, 5.74) is 4.69. The highest BCUT2D eigenvalue weighted by Crippen LogP contribution is 2.33. The Hall–Kier alpha value is -4.13. The molecule has 0 saturated carbocycles. The molecule has 1 aliphatic heterocycles. The van der Waals surface area contributed by atoms with Gasteiger partial charge in [0, 0.05) is 41.5 Å². The van der Waals surface area contributed by atoms with Gasteiger partial charge in [-0.25, -0.2) is 4.68 Å². The van der Waals surface area contributed by atoms with Gasteiger partial charge in [-0.15, -0.1) is 0 Å². The van der Waals surface area contributed by atoms with Crippen LogP contribution in [0.1, 0.15) is 33.7 Å². The van der Waals surface area contributed by atoms with E-state index in [1.54, 1.807) is 6.07 Å².